The Balaban J connectivity index is 1.50. The SMILES string of the molecule is [N-]=[N+]=N[C@H]1COc2cc(-c3noc(-c4onc(-c5ccccc5)c4C(F)(F)F)n3)ccc2C1. The number of ether oxygens (including phenoxy) is 1. The number of fused-ring (bicyclic) bond motifs is 1. The molecule has 0 fully saturated rings. The van der Waals surface area contributed by atoms with Crippen molar-refractivity contribution >= 4 is 0 Å². The van der Waals surface area contributed by atoms with Gasteiger partial charge in [0, 0.05) is 16.0 Å². The van der Waals surface area contributed by atoms with Crippen LogP contribution in [0.4, 0.5) is 13.2 Å². The summed E-state index contributed by atoms with van der Waals surface area (Å²) in [6.07, 6.45) is -4.26. The molecule has 33 heavy (non-hydrogen) atoms. The van der Waals surface area contributed by atoms with E-state index in [1.165, 1.54) is 12.1 Å². The van der Waals surface area contributed by atoms with Gasteiger partial charge in [-0.25, -0.2) is 0 Å². The largest absolute Gasteiger partial charge is 0.493 e. The van der Waals surface area contributed by atoms with E-state index < -0.39 is 23.4 Å². The van der Waals surface area contributed by atoms with Crippen molar-refractivity contribution in [2.75, 3.05) is 6.61 Å². The van der Waals surface area contributed by atoms with Gasteiger partial charge in [-0.2, -0.15) is 18.2 Å². The van der Waals surface area contributed by atoms with E-state index in [9.17, 15) is 13.2 Å². The number of halogens is 3. The minimum absolute atomic E-state index is 0.0550. The Morgan fingerprint density at radius 2 is 1.85 bits per heavy atom. The fourth-order valence-electron chi connectivity index (χ4n) is 3.57. The standard InChI is InChI=1S/C21H13F3N6O3/c22-21(23,24)16-17(11-4-2-1-3-5-11)28-32-18(16)20-26-19(29-33-20)13-7-6-12-8-14(27-30-25)10-31-15(12)9-13/h1-7,9,14H,8,10H2/t14-/m1/s1. The summed E-state index contributed by atoms with van der Waals surface area (Å²) in [4.78, 5) is 6.88. The smallest absolute Gasteiger partial charge is 0.422 e. The first-order valence-corrected chi connectivity index (χ1v) is 9.70. The monoisotopic (exact) mass is 454 g/mol. The predicted octanol–water partition coefficient (Wildman–Crippen LogP) is 5.69. The van der Waals surface area contributed by atoms with Crippen LogP contribution in [0, 0.1) is 0 Å². The molecule has 1 aliphatic rings. The van der Waals surface area contributed by atoms with Gasteiger partial charge in [0.15, 0.2) is 0 Å². The van der Waals surface area contributed by atoms with Gasteiger partial charge in [-0.15, -0.1) is 0 Å². The van der Waals surface area contributed by atoms with Crippen LogP contribution in [0.1, 0.15) is 11.1 Å². The lowest BCUT2D eigenvalue weighted by Crippen LogP contribution is -2.23. The van der Waals surface area contributed by atoms with Crippen molar-refractivity contribution in [3.8, 4) is 40.0 Å². The Labute approximate surface area is 183 Å². The summed E-state index contributed by atoms with van der Waals surface area (Å²) in [5.74, 6) is -0.509. The highest BCUT2D eigenvalue weighted by atomic mass is 19.4. The van der Waals surface area contributed by atoms with Crippen LogP contribution < -0.4 is 4.74 Å². The minimum Gasteiger partial charge on any atom is -0.493 e. The maximum Gasteiger partial charge on any atom is 0.422 e. The molecule has 0 saturated heterocycles. The van der Waals surface area contributed by atoms with Crippen molar-refractivity contribution in [2.24, 2.45) is 5.11 Å². The highest BCUT2D eigenvalue weighted by Crippen LogP contribution is 2.43. The van der Waals surface area contributed by atoms with Gasteiger partial charge in [0.1, 0.15) is 17.0 Å². The molecule has 0 unspecified atom stereocenters. The van der Waals surface area contributed by atoms with E-state index in [2.05, 4.69) is 25.3 Å². The normalized spacial score (nSPS) is 15.4. The maximum atomic E-state index is 13.9. The van der Waals surface area contributed by atoms with E-state index >= 15 is 0 Å². The van der Waals surface area contributed by atoms with Gasteiger partial charge >= 0.3 is 6.18 Å². The van der Waals surface area contributed by atoms with Crippen LogP contribution in [-0.2, 0) is 12.6 Å². The lowest BCUT2D eigenvalue weighted by Gasteiger charge is -2.22. The predicted molar refractivity (Wildman–Crippen MR) is 108 cm³/mol. The van der Waals surface area contributed by atoms with Gasteiger partial charge < -0.3 is 13.8 Å². The zero-order chi connectivity index (χ0) is 23.0. The van der Waals surface area contributed by atoms with E-state index in [4.69, 9.17) is 19.3 Å². The van der Waals surface area contributed by atoms with Crippen LogP contribution in [0.3, 0.4) is 0 Å². The fraction of sp³-hybridized carbons (Fsp3) is 0.190. The summed E-state index contributed by atoms with van der Waals surface area (Å²) in [6.45, 7) is 0.216. The molecule has 0 aliphatic carbocycles. The summed E-state index contributed by atoms with van der Waals surface area (Å²) in [5.41, 5.74) is 8.67. The van der Waals surface area contributed by atoms with E-state index in [0.29, 0.717) is 17.7 Å². The van der Waals surface area contributed by atoms with Crippen molar-refractivity contribution in [3.05, 3.63) is 70.1 Å². The molecular weight excluding hydrogens is 441 g/mol. The number of benzene rings is 2. The van der Waals surface area contributed by atoms with Crippen LogP contribution in [0.25, 0.3) is 44.7 Å². The molecule has 166 valence electrons. The average molecular weight is 454 g/mol. The highest BCUT2D eigenvalue weighted by molar-refractivity contribution is 5.71. The molecule has 0 saturated carbocycles. The molecule has 4 aromatic rings. The zero-order valence-electron chi connectivity index (χ0n) is 16.7. The number of azide groups is 1. The van der Waals surface area contributed by atoms with Crippen LogP contribution >= 0.6 is 0 Å². The molecule has 12 heteroatoms. The Hall–Kier alpha value is -4.31. The first kappa shape index (κ1) is 20.6. The highest BCUT2D eigenvalue weighted by Gasteiger charge is 2.43. The van der Waals surface area contributed by atoms with Crippen molar-refractivity contribution < 1.29 is 27.0 Å². The van der Waals surface area contributed by atoms with E-state index in [-0.39, 0.29) is 29.7 Å². The van der Waals surface area contributed by atoms with Gasteiger partial charge in [0.2, 0.25) is 11.6 Å². The Morgan fingerprint density at radius 3 is 2.61 bits per heavy atom. The molecule has 1 aliphatic heterocycles. The number of aromatic nitrogens is 3. The summed E-state index contributed by atoms with van der Waals surface area (Å²) in [6, 6.07) is 12.6. The molecule has 9 nitrogen and oxygen atoms in total. The third kappa shape index (κ3) is 3.87. The summed E-state index contributed by atoms with van der Waals surface area (Å²) < 4.78 is 57.4. The van der Waals surface area contributed by atoms with Gasteiger partial charge in [0.25, 0.3) is 5.89 Å². The van der Waals surface area contributed by atoms with E-state index in [0.717, 1.165) is 5.56 Å². The van der Waals surface area contributed by atoms with Crippen molar-refractivity contribution in [2.45, 2.75) is 18.6 Å². The van der Waals surface area contributed by atoms with E-state index in [1.54, 1.807) is 36.4 Å². The second-order valence-corrected chi connectivity index (χ2v) is 7.22. The zero-order valence-corrected chi connectivity index (χ0v) is 16.7. The lowest BCUT2D eigenvalue weighted by molar-refractivity contribution is -0.136. The Morgan fingerprint density at radius 1 is 1.03 bits per heavy atom. The molecule has 0 N–H and O–H groups in total. The minimum atomic E-state index is -4.77. The Bertz CT molecular complexity index is 1360. The van der Waals surface area contributed by atoms with Crippen LogP contribution in [0.5, 0.6) is 5.75 Å². The number of hydrogen-bond donors (Lipinski definition) is 0. The molecule has 1 atom stereocenters. The third-order valence-electron chi connectivity index (χ3n) is 5.07. The van der Waals surface area contributed by atoms with Crippen molar-refractivity contribution in [1.29, 1.82) is 0 Å². The topological polar surface area (TPSA) is 123 Å². The second kappa shape index (κ2) is 7.99. The summed E-state index contributed by atoms with van der Waals surface area (Å²) in [5, 5.41) is 11.1. The first-order chi connectivity index (χ1) is 15.9. The number of hydrogen-bond acceptors (Lipinski definition) is 7. The summed E-state index contributed by atoms with van der Waals surface area (Å²) in [7, 11) is 0. The van der Waals surface area contributed by atoms with Crippen LogP contribution in [0.15, 0.2) is 62.7 Å². The Kier molecular flexibility index (Phi) is 4.98. The molecular formula is C21H13F3N6O3. The van der Waals surface area contributed by atoms with Crippen molar-refractivity contribution in [1.82, 2.24) is 15.3 Å². The molecule has 0 bridgehead atoms. The van der Waals surface area contributed by atoms with Crippen LogP contribution in [-0.4, -0.2) is 27.9 Å². The van der Waals surface area contributed by atoms with Gasteiger partial charge in [-0.3, -0.25) is 0 Å². The van der Waals surface area contributed by atoms with Crippen molar-refractivity contribution in [3.63, 3.8) is 0 Å². The molecule has 3 heterocycles. The second-order valence-electron chi connectivity index (χ2n) is 7.22. The quantitative estimate of drug-likeness (QED) is 0.222. The lowest BCUT2D eigenvalue weighted by atomic mass is 10.0. The number of alkyl halides is 3. The molecule has 5 rings (SSSR count). The molecule has 0 spiro atoms. The first-order valence-electron chi connectivity index (χ1n) is 9.70. The van der Waals surface area contributed by atoms with Gasteiger partial charge in [-0.05, 0) is 23.6 Å². The van der Waals surface area contributed by atoms with Gasteiger partial charge in [-0.1, -0.05) is 57.9 Å². The fourth-order valence-corrected chi connectivity index (χ4v) is 3.57. The summed E-state index contributed by atoms with van der Waals surface area (Å²) >= 11 is 0. The van der Waals surface area contributed by atoms with E-state index in [1.807, 2.05) is 0 Å². The molecule has 0 radical (unpaired) electrons. The average Bonchev–Trinajstić information content (AvgIpc) is 3.47. The molecule has 2 aromatic carbocycles. The third-order valence-corrected chi connectivity index (χ3v) is 5.07. The van der Waals surface area contributed by atoms with Crippen LogP contribution in [0.2, 0.25) is 0 Å². The molecule has 0 amide bonds. The number of rotatable bonds is 4. The maximum absolute atomic E-state index is 13.9. The molecule has 2 aromatic heterocycles. The van der Waals surface area contributed by atoms with Gasteiger partial charge in [0.05, 0.1) is 12.6 Å². The number of nitrogens with zero attached hydrogens (tertiary/aromatic N) is 6.